The molecular formula is C26H27NO2S. The van der Waals surface area contributed by atoms with Gasteiger partial charge < -0.3 is 10.1 Å². The molecule has 0 spiro atoms. The normalized spacial score (nSPS) is 10.8. The molecule has 1 aromatic heterocycles. The summed E-state index contributed by atoms with van der Waals surface area (Å²) in [6.07, 6.45) is 5.16. The van der Waals surface area contributed by atoms with Crippen LogP contribution >= 0.6 is 11.3 Å². The molecule has 0 bridgehead atoms. The Hall–Kier alpha value is -3.11. The first-order valence-electron chi connectivity index (χ1n) is 10.1. The van der Waals surface area contributed by atoms with E-state index < -0.39 is 0 Å². The van der Waals surface area contributed by atoms with Crippen molar-refractivity contribution < 1.29 is 9.53 Å². The topological polar surface area (TPSA) is 38.3 Å². The van der Waals surface area contributed by atoms with Crippen molar-refractivity contribution in [3.05, 3.63) is 106 Å². The molecule has 3 aromatic rings. The molecule has 1 amide bonds. The Bertz CT molecular complexity index is 987. The molecule has 3 rings (SSSR count). The summed E-state index contributed by atoms with van der Waals surface area (Å²) in [7, 11) is 0. The summed E-state index contributed by atoms with van der Waals surface area (Å²) < 4.78 is 5.77. The Kier molecular flexibility index (Phi) is 8.04. The summed E-state index contributed by atoms with van der Waals surface area (Å²) in [6.45, 7) is 7.18. The van der Waals surface area contributed by atoms with E-state index in [-0.39, 0.29) is 5.91 Å². The van der Waals surface area contributed by atoms with Gasteiger partial charge in [0, 0.05) is 16.3 Å². The van der Waals surface area contributed by atoms with Crippen molar-refractivity contribution in [3.63, 3.8) is 0 Å². The van der Waals surface area contributed by atoms with Crippen molar-refractivity contribution in [2.75, 3.05) is 6.54 Å². The highest BCUT2D eigenvalue weighted by atomic mass is 32.1. The Morgan fingerprint density at radius 2 is 1.77 bits per heavy atom. The molecule has 2 aromatic carbocycles. The molecule has 0 radical (unpaired) electrons. The average molecular weight is 418 g/mol. The third kappa shape index (κ3) is 6.75. The van der Waals surface area contributed by atoms with Gasteiger partial charge in [0.1, 0.15) is 12.4 Å². The number of thiophene rings is 1. The fourth-order valence-corrected chi connectivity index (χ4v) is 3.94. The molecule has 0 saturated heterocycles. The van der Waals surface area contributed by atoms with Crippen LogP contribution in [0.1, 0.15) is 27.8 Å². The van der Waals surface area contributed by atoms with Crippen LogP contribution in [0.5, 0.6) is 5.75 Å². The second kappa shape index (κ2) is 11.2. The van der Waals surface area contributed by atoms with Gasteiger partial charge >= 0.3 is 0 Å². The average Bonchev–Trinajstić information content (AvgIpc) is 3.23. The summed E-state index contributed by atoms with van der Waals surface area (Å²) in [5, 5.41) is 3.01. The standard InChI is InChI=1S/C26H27NO2S/c1-3-7-20(2)25-15-14-24(30-25)18-26(28)27-17-16-21-10-12-22(13-11-21)19-29-23-8-5-4-6-9-23/h3-15H,2,16-19H2,1H3,(H,27,28)/b7-3-. The van der Waals surface area contributed by atoms with Gasteiger partial charge in [0.25, 0.3) is 0 Å². The zero-order valence-electron chi connectivity index (χ0n) is 17.3. The smallest absolute Gasteiger partial charge is 0.225 e. The lowest BCUT2D eigenvalue weighted by Gasteiger charge is -2.08. The zero-order chi connectivity index (χ0) is 21.2. The SMILES string of the molecule is C=C(/C=C\C)c1ccc(CC(=O)NCCc2ccc(COc3ccccc3)cc2)s1. The molecule has 4 heteroatoms. The Morgan fingerprint density at radius 3 is 2.50 bits per heavy atom. The molecule has 0 fully saturated rings. The van der Waals surface area contributed by atoms with Crippen molar-refractivity contribution in [2.24, 2.45) is 0 Å². The summed E-state index contributed by atoms with van der Waals surface area (Å²) >= 11 is 1.62. The van der Waals surface area contributed by atoms with Gasteiger partial charge in [-0.15, -0.1) is 11.3 Å². The lowest BCUT2D eigenvalue weighted by molar-refractivity contribution is -0.120. The highest BCUT2D eigenvalue weighted by molar-refractivity contribution is 7.13. The van der Waals surface area contributed by atoms with E-state index in [1.807, 2.05) is 61.5 Å². The van der Waals surface area contributed by atoms with E-state index >= 15 is 0 Å². The number of carbonyl (C=O) groups excluding carboxylic acids is 1. The Morgan fingerprint density at radius 1 is 1.03 bits per heavy atom. The zero-order valence-corrected chi connectivity index (χ0v) is 18.1. The van der Waals surface area contributed by atoms with E-state index in [9.17, 15) is 4.79 Å². The molecule has 0 atom stereocenters. The van der Waals surface area contributed by atoms with Crippen LogP contribution in [0.25, 0.3) is 5.57 Å². The van der Waals surface area contributed by atoms with E-state index in [1.54, 1.807) is 11.3 Å². The highest BCUT2D eigenvalue weighted by Gasteiger charge is 2.07. The first-order valence-corrected chi connectivity index (χ1v) is 10.9. The van der Waals surface area contributed by atoms with Crippen LogP contribution in [-0.2, 0) is 24.2 Å². The molecule has 0 saturated carbocycles. The highest BCUT2D eigenvalue weighted by Crippen LogP contribution is 2.24. The van der Waals surface area contributed by atoms with Crippen LogP contribution in [0, 0.1) is 0 Å². The summed E-state index contributed by atoms with van der Waals surface area (Å²) in [4.78, 5) is 14.4. The summed E-state index contributed by atoms with van der Waals surface area (Å²) in [5.74, 6) is 0.918. The molecule has 1 N–H and O–H groups in total. The van der Waals surface area contributed by atoms with Crippen molar-refractivity contribution >= 4 is 22.8 Å². The third-order valence-corrected chi connectivity index (χ3v) is 5.75. The van der Waals surface area contributed by atoms with E-state index in [0.717, 1.165) is 33.1 Å². The molecule has 0 aliphatic heterocycles. The van der Waals surface area contributed by atoms with Gasteiger partial charge in [-0.2, -0.15) is 0 Å². The van der Waals surface area contributed by atoms with Crippen molar-refractivity contribution in [1.82, 2.24) is 5.32 Å². The van der Waals surface area contributed by atoms with E-state index in [2.05, 4.69) is 36.2 Å². The maximum absolute atomic E-state index is 12.2. The molecule has 3 nitrogen and oxygen atoms in total. The molecule has 30 heavy (non-hydrogen) atoms. The van der Waals surface area contributed by atoms with Gasteiger partial charge in [0.2, 0.25) is 5.91 Å². The van der Waals surface area contributed by atoms with Gasteiger partial charge in [-0.25, -0.2) is 0 Å². The number of amides is 1. The number of ether oxygens (including phenoxy) is 1. The number of hydrogen-bond donors (Lipinski definition) is 1. The van der Waals surface area contributed by atoms with Crippen LogP contribution < -0.4 is 10.1 Å². The number of nitrogens with one attached hydrogen (secondary N) is 1. The number of allylic oxidation sites excluding steroid dienone is 3. The van der Waals surface area contributed by atoms with E-state index in [4.69, 9.17) is 4.74 Å². The maximum Gasteiger partial charge on any atom is 0.225 e. The lowest BCUT2D eigenvalue weighted by Crippen LogP contribution is -2.26. The lowest BCUT2D eigenvalue weighted by atomic mass is 10.1. The minimum absolute atomic E-state index is 0.0490. The predicted octanol–water partition coefficient (Wildman–Crippen LogP) is 5.82. The third-order valence-electron chi connectivity index (χ3n) is 4.59. The fraction of sp³-hybridized carbons (Fsp3) is 0.192. The van der Waals surface area contributed by atoms with Gasteiger partial charge in [-0.05, 0) is 54.3 Å². The first kappa shape index (κ1) is 21.6. The van der Waals surface area contributed by atoms with E-state index in [1.165, 1.54) is 5.56 Å². The summed E-state index contributed by atoms with van der Waals surface area (Å²) in [6, 6.07) is 22.2. The van der Waals surface area contributed by atoms with Crippen molar-refractivity contribution in [2.45, 2.75) is 26.4 Å². The Balaban J connectivity index is 1.39. The van der Waals surface area contributed by atoms with Crippen molar-refractivity contribution in [3.8, 4) is 5.75 Å². The predicted molar refractivity (Wildman–Crippen MR) is 126 cm³/mol. The van der Waals surface area contributed by atoms with Crippen LogP contribution in [0.3, 0.4) is 0 Å². The van der Waals surface area contributed by atoms with Crippen LogP contribution in [0.2, 0.25) is 0 Å². The minimum Gasteiger partial charge on any atom is -0.489 e. The number of benzene rings is 2. The monoisotopic (exact) mass is 417 g/mol. The summed E-state index contributed by atoms with van der Waals surface area (Å²) in [5.41, 5.74) is 3.30. The van der Waals surface area contributed by atoms with E-state index in [0.29, 0.717) is 19.6 Å². The molecule has 0 unspecified atom stereocenters. The van der Waals surface area contributed by atoms with Crippen LogP contribution in [0.15, 0.2) is 85.5 Å². The molecule has 1 heterocycles. The number of carbonyl (C=O) groups is 1. The largest absolute Gasteiger partial charge is 0.489 e. The molecule has 0 aliphatic rings. The van der Waals surface area contributed by atoms with Crippen LogP contribution in [0.4, 0.5) is 0 Å². The minimum atomic E-state index is 0.0490. The first-order chi connectivity index (χ1) is 14.6. The maximum atomic E-state index is 12.2. The van der Waals surface area contributed by atoms with Crippen LogP contribution in [-0.4, -0.2) is 12.5 Å². The Labute approximate surface area is 182 Å². The molecular weight excluding hydrogens is 390 g/mol. The van der Waals surface area contributed by atoms with Gasteiger partial charge in [0.15, 0.2) is 0 Å². The molecule has 154 valence electrons. The second-order valence-corrected chi connectivity index (χ2v) is 8.15. The fourth-order valence-electron chi connectivity index (χ4n) is 2.98. The number of para-hydroxylation sites is 1. The quantitative estimate of drug-likeness (QED) is 0.422. The second-order valence-electron chi connectivity index (χ2n) is 6.99. The number of rotatable bonds is 10. The molecule has 0 aliphatic carbocycles. The van der Waals surface area contributed by atoms with Crippen molar-refractivity contribution in [1.29, 1.82) is 0 Å². The van der Waals surface area contributed by atoms with Gasteiger partial charge in [0.05, 0.1) is 6.42 Å². The van der Waals surface area contributed by atoms with Gasteiger partial charge in [-0.3, -0.25) is 4.79 Å². The number of hydrogen-bond acceptors (Lipinski definition) is 3. The van der Waals surface area contributed by atoms with Gasteiger partial charge in [-0.1, -0.05) is 61.2 Å².